The Balaban J connectivity index is 1.19. The number of piperazine rings is 1. The van der Waals surface area contributed by atoms with E-state index in [0.29, 0.717) is 24.6 Å². The molecule has 0 radical (unpaired) electrons. The summed E-state index contributed by atoms with van der Waals surface area (Å²) < 4.78 is 0. The maximum absolute atomic E-state index is 12.8. The van der Waals surface area contributed by atoms with Crippen molar-refractivity contribution in [2.75, 3.05) is 26.2 Å². The molecule has 5 rings (SSSR count). The van der Waals surface area contributed by atoms with Gasteiger partial charge in [-0.3, -0.25) is 14.5 Å². The van der Waals surface area contributed by atoms with E-state index in [4.69, 9.17) is 4.98 Å². The number of carbonyl (C=O) groups is 1. The lowest BCUT2D eigenvalue weighted by Gasteiger charge is -2.40. The molecule has 0 spiro atoms. The lowest BCUT2D eigenvalue weighted by atomic mass is 9.89. The molecular weight excluding hydrogens is 408 g/mol. The van der Waals surface area contributed by atoms with Crippen molar-refractivity contribution < 1.29 is 4.79 Å². The zero-order chi connectivity index (χ0) is 21.4. The minimum Gasteiger partial charge on any atom is -0.340 e. The second-order valence-electron chi connectivity index (χ2n) is 9.75. The zero-order valence-corrected chi connectivity index (χ0v) is 19.4. The molecule has 1 amide bonds. The lowest BCUT2D eigenvalue weighted by Crippen LogP contribution is -2.52. The number of hydrogen-bond acceptors (Lipinski definition) is 5. The van der Waals surface area contributed by atoms with E-state index in [1.807, 2.05) is 4.90 Å². The van der Waals surface area contributed by atoms with Gasteiger partial charge in [0.1, 0.15) is 10.7 Å². The Hall–Kier alpha value is -1.73. The van der Waals surface area contributed by atoms with Gasteiger partial charge in [-0.1, -0.05) is 26.2 Å². The lowest BCUT2D eigenvalue weighted by molar-refractivity contribution is -0.133. The molecule has 1 N–H and O–H groups in total. The van der Waals surface area contributed by atoms with Crippen LogP contribution in [0, 0.1) is 5.92 Å². The van der Waals surface area contributed by atoms with E-state index in [9.17, 15) is 9.59 Å². The summed E-state index contributed by atoms with van der Waals surface area (Å²) in [6.07, 6.45) is 10.8. The van der Waals surface area contributed by atoms with E-state index < -0.39 is 0 Å². The van der Waals surface area contributed by atoms with Crippen molar-refractivity contribution in [3.63, 3.8) is 0 Å². The van der Waals surface area contributed by atoms with Gasteiger partial charge in [-0.05, 0) is 43.6 Å². The molecule has 2 aromatic heterocycles. The number of carbonyl (C=O) groups excluding carboxylic acids is 1. The Morgan fingerprint density at radius 2 is 1.90 bits per heavy atom. The first-order valence-electron chi connectivity index (χ1n) is 12.1. The highest BCUT2D eigenvalue weighted by atomic mass is 32.1. The van der Waals surface area contributed by atoms with Crippen LogP contribution in [-0.4, -0.2) is 57.9 Å². The molecule has 31 heavy (non-hydrogen) atoms. The van der Waals surface area contributed by atoms with Crippen LogP contribution in [0.2, 0.25) is 0 Å². The molecule has 3 aliphatic rings. The maximum Gasteiger partial charge on any atom is 0.259 e. The fourth-order valence-electron chi connectivity index (χ4n) is 5.68. The number of H-pyrrole nitrogens is 1. The van der Waals surface area contributed by atoms with E-state index in [0.717, 1.165) is 61.7 Å². The van der Waals surface area contributed by atoms with Crippen LogP contribution < -0.4 is 5.56 Å². The molecule has 1 unspecified atom stereocenters. The number of nitrogens with one attached hydrogen (secondary N) is 1. The van der Waals surface area contributed by atoms with Gasteiger partial charge in [-0.15, -0.1) is 11.3 Å². The predicted octanol–water partition coefficient (Wildman–Crippen LogP) is 3.52. The topological polar surface area (TPSA) is 69.3 Å². The van der Waals surface area contributed by atoms with Crippen molar-refractivity contribution in [2.45, 2.75) is 77.2 Å². The molecule has 6 nitrogen and oxygen atoms in total. The number of hydrogen-bond donors (Lipinski definition) is 1. The Labute approximate surface area is 188 Å². The van der Waals surface area contributed by atoms with Gasteiger partial charge in [0, 0.05) is 49.9 Å². The summed E-state index contributed by atoms with van der Waals surface area (Å²) in [5.41, 5.74) is 1.19. The smallest absolute Gasteiger partial charge is 0.259 e. The molecule has 1 saturated carbocycles. The monoisotopic (exact) mass is 442 g/mol. The molecular formula is C24H34N4O2S. The SMILES string of the molecule is CC1CCc2c(sc3nc(CCC(=O)N4CCN(C5CCCCC5)CC4)[nH]c(=O)c23)C1. The Morgan fingerprint density at radius 3 is 2.68 bits per heavy atom. The quantitative estimate of drug-likeness (QED) is 0.787. The summed E-state index contributed by atoms with van der Waals surface area (Å²) in [6, 6.07) is 0.728. The second kappa shape index (κ2) is 9.02. The van der Waals surface area contributed by atoms with Crippen LogP contribution >= 0.6 is 11.3 Å². The Morgan fingerprint density at radius 1 is 1.13 bits per heavy atom. The molecule has 1 atom stereocenters. The molecule has 3 heterocycles. The third-order valence-corrected chi connectivity index (χ3v) is 8.70. The predicted molar refractivity (Wildman–Crippen MR) is 125 cm³/mol. The summed E-state index contributed by atoms with van der Waals surface area (Å²) in [6.45, 7) is 5.92. The number of rotatable bonds is 4. The van der Waals surface area contributed by atoms with E-state index in [-0.39, 0.29) is 11.5 Å². The number of aromatic amines is 1. The zero-order valence-electron chi connectivity index (χ0n) is 18.6. The van der Waals surface area contributed by atoms with Gasteiger partial charge >= 0.3 is 0 Å². The number of amides is 1. The van der Waals surface area contributed by atoms with Crippen LogP contribution in [0.1, 0.15) is 68.1 Å². The highest BCUT2D eigenvalue weighted by Gasteiger charge is 2.27. The molecule has 2 aliphatic carbocycles. The molecule has 0 bridgehead atoms. The highest BCUT2D eigenvalue weighted by Crippen LogP contribution is 2.35. The molecule has 2 fully saturated rings. The second-order valence-corrected chi connectivity index (χ2v) is 10.8. The summed E-state index contributed by atoms with van der Waals surface area (Å²) >= 11 is 1.68. The van der Waals surface area contributed by atoms with E-state index >= 15 is 0 Å². The number of aryl methyl sites for hydroxylation is 2. The molecule has 168 valence electrons. The van der Waals surface area contributed by atoms with Crippen LogP contribution in [0.3, 0.4) is 0 Å². The van der Waals surface area contributed by atoms with Gasteiger partial charge in [0.2, 0.25) is 5.91 Å². The normalized spacial score (nSPS) is 23.3. The van der Waals surface area contributed by atoms with Crippen molar-refractivity contribution in [3.05, 3.63) is 26.6 Å². The first kappa shape index (κ1) is 21.1. The summed E-state index contributed by atoms with van der Waals surface area (Å²) in [7, 11) is 0. The van der Waals surface area contributed by atoms with Crippen molar-refractivity contribution in [2.24, 2.45) is 5.92 Å². The summed E-state index contributed by atoms with van der Waals surface area (Å²) in [5, 5.41) is 0.792. The number of thiophene rings is 1. The highest BCUT2D eigenvalue weighted by molar-refractivity contribution is 7.18. The first-order chi connectivity index (χ1) is 15.1. The minimum atomic E-state index is -0.0272. The van der Waals surface area contributed by atoms with Gasteiger partial charge in [0.15, 0.2) is 0 Å². The molecule has 1 aliphatic heterocycles. The van der Waals surface area contributed by atoms with Crippen LogP contribution in [-0.2, 0) is 24.1 Å². The van der Waals surface area contributed by atoms with Crippen LogP contribution in [0.15, 0.2) is 4.79 Å². The largest absolute Gasteiger partial charge is 0.340 e. The van der Waals surface area contributed by atoms with Gasteiger partial charge in [-0.25, -0.2) is 4.98 Å². The van der Waals surface area contributed by atoms with Crippen molar-refractivity contribution in [1.29, 1.82) is 0 Å². The van der Waals surface area contributed by atoms with Crippen molar-refractivity contribution in [3.8, 4) is 0 Å². The fourth-order valence-corrected chi connectivity index (χ4v) is 7.08. The van der Waals surface area contributed by atoms with E-state index in [1.54, 1.807) is 11.3 Å². The number of nitrogens with zero attached hydrogens (tertiary/aromatic N) is 3. The fraction of sp³-hybridized carbons (Fsp3) is 0.708. The summed E-state index contributed by atoms with van der Waals surface area (Å²) in [5.74, 6) is 1.51. The van der Waals surface area contributed by atoms with E-state index in [2.05, 4.69) is 16.8 Å². The standard InChI is InChI=1S/C24H34N4O2S/c1-16-7-8-18-19(15-16)31-24-22(18)23(30)25-20(26-24)9-10-21(29)28-13-11-27(12-14-28)17-5-3-2-4-6-17/h16-17H,2-15H2,1H3,(H,25,26,30). The van der Waals surface area contributed by atoms with Crippen molar-refractivity contribution in [1.82, 2.24) is 19.8 Å². The van der Waals surface area contributed by atoms with Gasteiger partial charge in [0.05, 0.1) is 5.39 Å². The molecule has 7 heteroatoms. The van der Waals surface area contributed by atoms with Crippen LogP contribution in [0.4, 0.5) is 0 Å². The third-order valence-electron chi connectivity index (χ3n) is 7.55. The number of fused-ring (bicyclic) bond motifs is 3. The van der Waals surface area contributed by atoms with Crippen LogP contribution in [0.25, 0.3) is 10.2 Å². The molecule has 2 aromatic rings. The third kappa shape index (κ3) is 4.44. The van der Waals surface area contributed by atoms with Gasteiger partial charge in [0.25, 0.3) is 5.56 Å². The Bertz CT molecular complexity index is 999. The average Bonchev–Trinajstić information content (AvgIpc) is 3.16. The molecule has 1 saturated heterocycles. The molecule has 0 aromatic carbocycles. The maximum atomic E-state index is 12.8. The minimum absolute atomic E-state index is 0.0272. The van der Waals surface area contributed by atoms with E-state index in [1.165, 1.54) is 42.5 Å². The average molecular weight is 443 g/mol. The van der Waals surface area contributed by atoms with Crippen LogP contribution in [0.5, 0.6) is 0 Å². The van der Waals surface area contributed by atoms with Crippen molar-refractivity contribution >= 4 is 27.5 Å². The number of aromatic nitrogens is 2. The Kier molecular flexibility index (Phi) is 6.15. The first-order valence-corrected chi connectivity index (χ1v) is 13.0. The summed E-state index contributed by atoms with van der Waals surface area (Å²) in [4.78, 5) is 40.0. The van der Waals surface area contributed by atoms with Gasteiger partial charge in [-0.2, -0.15) is 0 Å². The van der Waals surface area contributed by atoms with Gasteiger partial charge < -0.3 is 9.88 Å².